The van der Waals surface area contributed by atoms with E-state index in [4.69, 9.17) is 0 Å². The Balaban J connectivity index is 1.13. The summed E-state index contributed by atoms with van der Waals surface area (Å²) in [6.45, 7) is 4.23. The first-order valence-electron chi connectivity index (χ1n) is 13.9. The predicted molar refractivity (Wildman–Crippen MR) is 160 cm³/mol. The fourth-order valence-electron chi connectivity index (χ4n) is 5.02. The molecule has 2 aromatic heterocycles. The van der Waals surface area contributed by atoms with Gasteiger partial charge in [-0.3, -0.25) is 9.59 Å². The van der Waals surface area contributed by atoms with E-state index in [-0.39, 0.29) is 23.7 Å². The van der Waals surface area contributed by atoms with Crippen LogP contribution in [0.15, 0.2) is 48.5 Å². The summed E-state index contributed by atoms with van der Waals surface area (Å²) < 4.78 is 0. The lowest BCUT2D eigenvalue weighted by molar-refractivity contribution is -0.116. The molecule has 2 aromatic carbocycles. The van der Waals surface area contributed by atoms with Gasteiger partial charge in [-0.2, -0.15) is 0 Å². The van der Waals surface area contributed by atoms with Crippen molar-refractivity contribution in [3.05, 3.63) is 80.8 Å². The maximum Gasteiger partial charge on any atom is 0.230 e. The van der Waals surface area contributed by atoms with E-state index in [1.807, 2.05) is 24.3 Å². The maximum absolute atomic E-state index is 12.6. The number of hydrogen-bond donors (Lipinski definition) is 2. The average Bonchev–Trinajstić information content (AvgIpc) is 3.64. The second-order valence-electron chi connectivity index (χ2n) is 10.2. The Morgan fingerprint density at radius 2 is 1.07 bits per heavy atom. The van der Waals surface area contributed by atoms with Crippen LogP contribution in [0.2, 0.25) is 0 Å². The quantitative estimate of drug-likeness (QED) is 0.229. The molecule has 0 aliphatic heterocycles. The molecule has 0 radical (unpaired) electrons. The monoisotopic (exact) mass is 574 g/mol. The van der Waals surface area contributed by atoms with Crippen molar-refractivity contribution >= 4 is 44.8 Å². The summed E-state index contributed by atoms with van der Waals surface area (Å²) in [6.07, 6.45) is 6.60. The molecule has 0 spiro atoms. The van der Waals surface area contributed by atoms with Crippen molar-refractivity contribution in [2.75, 3.05) is 10.6 Å². The number of carbonyl (C=O) groups is 2. The lowest BCUT2D eigenvalue weighted by Gasteiger charge is -2.25. The summed E-state index contributed by atoms with van der Waals surface area (Å²) in [7, 11) is 0. The highest BCUT2D eigenvalue weighted by molar-refractivity contribution is 7.15. The summed E-state index contributed by atoms with van der Waals surface area (Å²) >= 11 is 2.91. The Morgan fingerprint density at radius 3 is 1.48 bits per heavy atom. The molecule has 1 saturated carbocycles. The summed E-state index contributed by atoms with van der Waals surface area (Å²) in [6, 6.07) is 16.3. The zero-order valence-electron chi connectivity index (χ0n) is 22.9. The third-order valence-electron chi connectivity index (χ3n) is 7.34. The molecule has 5 rings (SSSR count). The van der Waals surface area contributed by atoms with Gasteiger partial charge in [-0.15, -0.1) is 20.4 Å². The third-order valence-corrected chi connectivity index (χ3v) is 9.34. The summed E-state index contributed by atoms with van der Waals surface area (Å²) in [5.41, 5.74) is 4.47. The van der Waals surface area contributed by atoms with E-state index >= 15 is 0 Å². The highest BCUT2D eigenvalue weighted by Gasteiger charge is 2.29. The number of anilines is 2. The number of benzene rings is 2. The minimum Gasteiger partial charge on any atom is -0.300 e. The molecule has 0 bridgehead atoms. The second kappa shape index (κ2) is 13.2. The molecule has 1 aliphatic rings. The zero-order valence-corrected chi connectivity index (χ0v) is 24.5. The first-order chi connectivity index (χ1) is 19.5. The van der Waals surface area contributed by atoms with Crippen LogP contribution in [0.25, 0.3) is 0 Å². The van der Waals surface area contributed by atoms with E-state index in [0.29, 0.717) is 23.1 Å². The summed E-state index contributed by atoms with van der Waals surface area (Å²) in [5, 5.41) is 26.1. The topological polar surface area (TPSA) is 110 Å². The van der Waals surface area contributed by atoms with Crippen LogP contribution in [0.5, 0.6) is 0 Å². The smallest absolute Gasteiger partial charge is 0.230 e. The number of aromatic nitrogens is 4. The Morgan fingerprint density at radius 1 is 0.675 bits per heavy atom. The Kier molecular flexibility index (Phi) is 9.28. The van der Waals surface area contributed by atoms with Crippen LogP contribution >= 0.6 is 22.7 Å². The lowest BCUT2D eigenvalue weighted by atomic mass is 9.82. The largest absolute Gasteiger partial charge is 0.300 e. The van der Waals surface area contributed by atoms with E-state index in [1.165, 1.54) is 33.8 Å². The van der Waals surface area contributed by atoms with Crippen LogP contribution < -0.4 is 10.6 Å². The molecule has 2 amide bonds. The van der Waals surface area contributed by atoms with Gasteiger partial charge >= 0.3 is 0 Å². The molecule has 40 heavy (non-hydrogen) atoms. The van der Waals surface area contributed by atoms with Crippen molar-refractivity contribution in [3.63, 3.8) is 0 Å². The summed E-state index contributed by atoms with van der Waals surface area (Å²) in [5.74, 6) is 0.345. The molecule has 0 unspecified atom stereocenters. The first-order valence-corrected chi connectivity index (χ1v) is 15.5. The molecule has 2 N–H and O–H groups in total. The fraction of sp³-hybridized carbons (Fsp3) is 0.400. The van der Waals surface area contributed by atoms with E-state index in [1.54, 1.807) is 0 Å². The van der Waals surface area contributed by atoms with Gasteiger partial charge < -0.3 is 10.6 Å². The van der Waals surface area contributed by atoms with Crippen LogP contribution in [-0.2, 0) is 35.3 Å². The van der Waals surface area contributed by atoms with Gasteiger partial charge in [0.25, 0.3) is 0 Å². The highest BCUT2D eigenvalue weighted by Crippen LogP contribution is 2.43. The maximum atomic E-state index is 12.6. The fourth-order valence-corrected chi connectivity index (χ4v) is 6.84. The standard InChI is InChI=1S/C30H34N6O2S2/c1-3-19-8-12-21(13-9-19)16-25(37)31-29-35-33-27(39-29)23-6-5-7-24(18-23)28-34-36-30(40-28)32-26(38)17-22-14-10-20(4-2)11-15-22/h8-15,23-24H,3-7,16-18H2,1-2H3,(H,31,35,37)(H,32,36,38)/t23-,24-/m1/s1. The van der Waals surface area contributed by atoms with Crippen LogP contribution in [-0.4, -0.2) is 32.2 Å². The van der Waals surface area contributed by atoms with Crippen molar-refractivity contribution in [2.45, 2.75) is 77.0 Å². The van der Waals surface area contributed by atoms with Gasteiger partial charge in [0.05, 0.1) is 12.8 Å². The van der Waals surface area contributed by atoms with Gasteiger partial charge in [0.2, 0.25) is 22.1 Å². The van der Waals surface area contributed by atoms with Crippen molar-refractivity contribution in [1.29, 1.82) is 0 Å². The number of hydrogen-bond acceptors (Lipinski definition) is 8. The molecule has 10 heteroatoms. The Hall–Kier alpha value is -3.50. The van der Waals surface area contributed by atoms with Crippen molar-refractivity contribution in [1.82, 2.24) is 20.4 Å². The van der Waals surface area contributed by atoms with E-state index in [0.717, 1.165) is 59.7 Å². The molecule has 1 aliphatic carbocycles. The number of nitrogens with zero attached hydrogens (tertiary/aromatic N) is 4. The van der Waals surface area contributed by atoms with E-state index in [9.17, 15) is 9.59 Å². The molecular formula is C30H34N6O2S2. The van der Waals surface area contributed by atoms with Crippen molar-refractivity contribution in [3.8, 4) is 0 Å². The number of aryl methyl sites for hydroxylation is 2. The van der Waals surface area contributed by atoms with Crippen LogP contribution in [0, 0.1) is 0 Å². The van der Waals surface area contributed by atoms with Gasteiger partial charge in [-0.1, -0.05) is 91.5 Å². The number of amides is 2. The number of carbonyl (C=O) groups excluding carboxylic acids is 2. The van der Waals surface area contributed by atoms with Crippen LogP contribution in [0.3, 0.4) is 0 Å². The predicted octanol–water partition coefficient (Wildman–Crippen LogP) is 6.32. The minimum atomic E-state index is -0.0881. The van der Waals surface area contributed by atoms with Gasteiger partial charge in [0.1, 0.15) is 10.0 Å². The van der Waals surface area contributed by atoms with Gasteiger partial charge in [-0.25, -0.2) is 0 Å². The normalized spacial score (nSPS) is 16.9. The van der Waals surface area contributed by atoms with E-state index < -0.39 is 0 Å². The third kappa shape index (κ3) is 7.37. The average molecular weight is 575 g/mol. The minimum absolute atomic E-state index is 0.0881. The van der Waals surface area contributed by atoms with Crippen molar-refractivity contribution < 1.29 is 9.59 Å². The molecule has 8 nitrogen and oxygen atoms in total. The van der Waals surface area contributed by atoms with Crippen molar-refractivity contribution in [2.24, 2.45) is 0 Å². The SMILES string of the molecule is CCc1ccc(CC(=O)Nc2nnc([C@@H]3CCC[C@@H](c4nnc(NC(=O)Cc5ccc(CC)cc5)s4)C3)s2)cc1. The molecule has 2 atom stereocenters. The lowest BCUT2D eigenvalue weighted by Crippen LogP contribution is -2.14. The van der Waals surface area contributed by atoms with Crippen LogP contribution in [0.1, 0.15) is 83.6 Å². The first kappa shape index (κ1) is 28.0. The Bertz CT molecular complexity index is 1320. The molecule has 4 aromatic rings. The van der Waals surface area contributed by atoms with Gasteiger partial charge in [0, 0.05) is 11.8 Å². The second-order valence-corrected chi connectivity index (χ2v) is 12.3. The molecule has 0 saturated heterocycles. The number of rotatable bonds is 10. The summed E-state index contributed by atoms with van der Waals surface area (Å²) in [4.78, 5) is 25.1. The Labute approximate surface area is 242 Å². The van der Waals surface area contributed by atoms with E-state index in [2.05, 4.69) is 69.1 Å². The molecular weight excluding hydrogens is 541 g/mol. The van der Waals surface area contributed by atoms with Crippen LogP contribution in [0.4, 0.5) is 10.3 Å². The molecule has 1 fully saturated rings. The van der Waals surface area contributed by atoms with Gasteiger partial charge in [-0.05, 0) is 54.4 Å². The highest BCUT2D eigenvalue weighted by atomic mass is 32.1. The zero-order chi connectivity index (χ0) is 27.9. The molecule has 208 valence electrons. The van der Waals surface area contributed by atoms with Gasteiger partial charge in [0.15, 0.2) is 0 Å². The number of nitrogens with one attached hydrogen (secondary N) is 2. The molecule has 2 heterocycles.